The number of nitriles is 2. The van der Waals surface area contributed by atoms with Crippen molar-refractivity contribution < 1.29 is 4.74 Å². The molecular weight excluding hydrogens is 220 g/mol. The summed E-state index contributed by atoms with van der Waals surface area (Å²) in [6, 6.07) is 3.74. The van der Waals surface area contributed by atoms with Crippen LogP contribution >= 0.6 is 0 Å². The molecule has 1 aromatic rings. The van der Waals surface area contributed by atoms with Crippen molar-refractivity contribution >= 4 is 11.6 Å². The zero-order chi connectivity index (χ0) is 12.3. The van der Waals surface area contributed by atoms with E-state index in [1.54, 1.807) is 0 Å². The number of nitrogens with two attached hydrogens (primary N) is 1. The molecule has 0 bridgehead atoms. The Morgan fingerprint density at radius 1 is 1.12 bits per heavy atom. The molecule has 1 aliphatic heterocycles. The van der Waals surface area contributed by atoms with Gasteiger partial charge >= 0.3 is 0 Å². The molecule has 1 aliphatic rings. The van der Waals surface area contributed by atoms with Crippen molar-refractivity contribution in [3.05, 3.63) is 11.4 Å². The average Bonchev–Trinajstić information content (AvgIpc) is 2.39. The maximum Gasteiger partial charge on any atom is 0.184 e. The molecule has 0 aromatic carbocycles. The predicted molar refractivity (Wildman–Crippen MR) is 58.9 cm³/mol. The number of nitrogens with zero attached hydrogens (tertiary/aromatic N) is 5. The standard InChI is InChI=1S/C10H10N6O/c11-5-7-9(13)15-10(8(6-12)14-7)16-1-3-17-4-2-16/h1-4H2,(H2,13,15). The van der Waals surface area contributed by atoms with Crippen molar-refractivity contribution in [1.82, 2.24) is 9.97 Å². The fraction of sp³-hybridized carbons (Fsp3) is 0.400. The van der Waals surface area contributed by atoms with Gasteiger partial charge in [-0.05, 0) is 0 Å². The predicted octanol–water partition coefficient (Wildman–Crippen LogP) is -0.361. The number of rotatable bonds is 1. The van der Waals surface area contributed by atoms with Gasteiger partial charge in [0.05, 0.1) is 13.2 Å². The van der Waals surface area contributed by atoms with Gasteiger partial charge in [-0.3, -0.25) is 0 Å². The molecule has 0 radical (unpaired) electrons. The van der Waals surface area contributed by atoms with E-state index in [-0.39, 0.29) is 17.2 Å². The van der Waals surface area contributed by atoms with E-state index in [0.29, 0.717) is 32.1 Å². The van der Waals surface area contributed by atoms with Crippen LogP contribution in [0.4, 0.5) is 11.6 Å². The summed E-state index contributed by atoms with van der Waals surface area (Å²) in [5.74, 6) is 0.472. The molecule has 1 saturated heterocycles. The second-order valence-electron chi connectivity index (χ2n) is 3.45. The lowest BCUT2D eigenvalue weighted by Gasteiger charge is -2.28. The van der Waals surface area contributed by atoms with Crippen LogP contribution in [0, 0.1) is 22.7 Å². The van der Waals surface area contributed by atoms with E-state index in [4.69, 9.17) is 21.0 Å². The number of morpholine rings is 1. The van der Waals surface area contributed by atoms with E-state index in [1.165, 1.54) is 0 Å². The van der Waals surface area contributed by atoms with Crippen LogP contribution in [0.5, 0.6) is 0 Å². The number of anilines is 2. The van der Waals surface area contributed by atoms with Gasteiger partial charge in [0.2, 0.25) is 0 Å². The van der Waals surface area contributed by atoms with Crippen LogP contribution in [0.2, 0.25) is 0 Å². The van der Waals surface area contributed by atoms with E-state index in [9.17, 15) is 0 Å². The number of nitrogen functional groups attached to an aromatic ring is 1. The van der Waals surface area contributed by atoms with Crippen molar-refractivity contribution in [3.63, 3.8) is 0 Å². The topological polar surface area (TPSA) is 112 Å². The summed E-state index contributed by atoms with van der Waals surface area (Å²) in [6.07, 6.45) is 0. The molecule has 7 nitrogen and oxygen atoms in total. The Bertz CT molecular complexity index is 509. The summed E-state index contributed by atoms with van der Waals surface area (Å²) in [5, 5.41) is 17.8. The minimum absolute atomic E-state index is 0.0152. The number of hydrogen-bond acceptors (Lipinski definition) is 7. The Labute approximate surface area is 98.1 Å². The fourth-order valence-electron chi connectivity index (χ4n) is 1.59. The molecule has 2 rings (SSSR count). The van der Waals surface area contributed by atoms with E-state index in [1.807, 2.05) is 17.0 Å². The maximum atomic E-state index is 9.00. The summed E-state index contributed by atoms with van der Waals surface area (Å²) in [5.41, 5.74) is 5.71. The normalized spacial score (nSPS) is 15.1. The molecule has 0 atom stereocenters. The molecule has 0 aliphatic carbocycles. The molecule has 7 heteroatoms. The summed E-state index contributed by atoms with van der Waals surface area (Å²) >= 11 is 0. The third-order valence-electron chi connectivity index (χ3n) is 2.43. The Kier molecular flexibility index (Phi) is 3.03. The molecule has 0 spiro atoms. The lowest BCUT2D eigenvalue weighted by atomic mass is 10.3. The first-order chi connectivity index (χ1) is 8.26. The van der Waals surface area contributed by atoms with Crippen molar-refractivity contribution in [2.75, 3.05) is 36.9 Å². The van der Waals surface area contributed by atoms with E-state index < -0.39 is 0 Å². The van der Waals surface area contributed by atoms with Gasteiger partial charge in [-0.2, -0.15) is 10.5 Å². The maximum absolute atomic E-state index is 9.00. The van der Waals surface area contributed by atoms with Gasteiger partial charge < -0.3 is 15.4 Å². The third kappa shape index (κ3) is 2.10. The van der Waals surface area contributed by atoms with Crippen molar-refractivity contribution in [2.24, 2.45) is 0 Å². The first-order valence-electron chi connectivity index (χ1n) is 5.06. The SMILES string of the molecule is N#Cc1nc(C#N)c(N2CCOCC2)nc1N. The van der Waals surface area contributed by atoms with Crippen LogP contribution < -0.4 is 10.6 Å². The minimum Gasteiger partial charge on any atom is -0.381 e. The number of aromatic nitrogens is 2. The van der Waals surface area contributed by atoms with Gasteiger partial charge in [0.25, 0.3) is 0 Å². The molecule has 0 amide bonds. The second kappa shape index (κ2) is 4.64. The monoisotopic (exact) mass is 230 g/mol. The van der Waals surface area contributed by atoms with Gasteiger partial charge in [0, 0.05) is 13.1 Å². The molecule has 2 heterocycles. The van der Waals surface area contributed by atoms with Crippen LogP contribution in [0.25, 0.3) is 0 Å². The van der Waals surface area contributed by atoms with Gasteiger partial charge in [-0.25, -0.2) is 9.97 Å². The first kappa shape index (κ1) is 11.1. The molecule has 2 N–H and O–H groups in total. The van der Waals surface area contributed by atoms with Crippen LogP contribution in [-0.2, 0) is 4.74 Å². The molecule has 86 valence electrons. The summed E-state index contributed by atoms with van der Waals surface area (Å²) in [4.78, 5) is 9.85. The molecule has 0 unspecified atom stereocenters. The molecule has 1 aromatic heterocycles. The summed E-state index contributed by atoms with van der Waals surface area (Å²) < 4.78 is 5.21. The van der Waals surface area contributed by atoms with Gasteiger partial charge in [-0.15, -0.1) is 0 Å². The van der Waals surface area contributed by atoms with Crippen LogP contribution in [0.1, 0.15) is 11.4 Å². The lowest BCUT2D eigenvalue weighted by Crippen LogP contribution is -2.37. The quantitative estimate of drug-likeness (QED) is 0.700. The zero-order valence-corrected chi connectivity index (χ0v) is 9.05. The Hall–Kier alpha value is -2.38. The molecule has 1 fully saturated rings. The van der Waals surface area contributed by atoms with Gasteiger partial charge in [0.1, 0.15) is 12.1 Å². The van der Waals surface area contributed by atoms with Crippen LogP contribution in [-0.4, -0.2) is 36.3 Å². The third-order valence-corrected chi connectivity index (χ3v) is 2.43. The number of ether oxygens (including phenoxy) is 1. The van der Waals surface area contributed by atoms with Crippen molar-refractivity contribution in [3.8, 4) is 12.1 Å². The zero-order valence-electron chi connectivity index (χ0n) is 9.05. The summed E-state index contributed by atoms with van der Waals surface area (Å²) in [7, 11) is 0. The van der Waals surface area contributed by atoms with E-state index in [2.05, 4.69) is 9.97 Å². The highest BCUT2D eigenvalue weighted by Crippen LogP contribution is 2.19. The minimum atomic E-state index is -0.0152. The van der Waals surface area contributed by atoms with Crippen molar-refractivity contribution in [2.45, 2.75) is 0 Å². The number of hydrogen-bond donors (Lipinski definition) is 1. The van der Waals surface area contributed by atoms with Crippen LogP contribution in [0.3, 0.4) is 0 Å². The van der Waals surface area contributed by atoms with Gasteiger partial charge in [0.15, 0.2) is 23.0 Å². The average molecular weight is 230 g/mol. The lowest BCUT2D eigenvalue weighted by molar-refractivity contribution is 0.122. The van der Waals surface area contributed by atoms with E-state index >= 15 is 0 Å². The Morgan fingerprint density at radius 2 is 1.76 bits per heavy atom. The van der Waals surface area contributed by atoms with Crippen LogP contribution in [0.15, 0.2) is 0 Å². The first-order valence-corrected chi connectivity index (χ1v) is 5.06. The highest BCUT2D eigenvalue weighted by molar-refractivity contribution is 5.57. The Balaban J connectivity index is 2.43. The molecule has 0 saturated carbocycles. The van der Waals surface area contributed by atoms with Crippen molar-refractivity contribution in [1.29, 1.82) is 10.5 Å². The Morgan fingerprint density at radius 3 is 2.35 bits per heavy atom. The largest absolute Gasteiger partial charge is 0.381 e. The smallest absolute Gasteiger partial charge is 0.184 e. The summed E-state index contributed by atoms with van der Waals surface area (Å²) in [6.45, 7) is 2.42. The molecule has 17 heavy (non-hydrogen) atoms. The van der Waals surface area contributed by atoms with E-state index in [0.717, 1.165) is 0 Å². The highest BCUT2D eigenvalue weighted by atomic mass is 16.5. The second-order valence-corrected chi connectivity index (χ2v) is 3.45. The highest BCUT2D eigenvalue weighted by Gasteiger charge is 2.19. The molecular formula is C10H10N6O. The van der Waals surface area contributed by atoms with Gasteiger partial charge in [-0.1, -0.05) is 0 Å². The fourth-order valence-corrected chi connectivity index (χ4v) is 1.59.